The van der Waals surface area contributed by atoms with E-state index in [9.17, 15) is 0 Å². The minimum absolute atomic E-state index is 0.591. The first kappa shape index (κ1) is 14.2. The van der Waals surface area contributed by atoms with E-state index in [1.807, 2.05) is 0 Å². The predicted octanol–water partition coefficient (Wildman–Crippen LogP) is 3.44. The fourth-order valence-corrected chi connectivity index (χ4v) is 2.78. The third kappa shape index (κ3) is 3.21. The number of nitrogens with zero attached hydrogens (tertiary/aromatic N) is 1. The van der Waals surface area contributed by atoms with Crippen LogP contribution in [-0.2, 0) is 4.74 Å². The molecule has 106 valence electrons. The standard InChI is InChI=1S/C16H25NO2/c1-4-13(5-2)15-7-6-14(12-16(15)18-3)17-8-10-19-11-9-17/h6-7,12-13H,4-5,8-11H2,1-3H3. The second-order valence-corrected chi connectivity index (χ2v) is 5.04. The number of rotatable bonds is 5. The molecule has 1 aromatic rings. The van der Waals surface area contributed by atoms with Crippen molar-refractivity contribution in [3.8, 4) is 5.75 Å². The van der Waals surface area contributed by atoms with E-state index in [4.69, 9.17) is 9.47 Å². The maximum atomic E-state index is 5.60. The highest BCUT2D eigenvalue weighted by molar-refractivity contribution is 5.55. The molecular formula is C16H25NO2. The van der Waals surface area contributed by atoms with Crippen LogP contribution in [0.5, 0.6) is 5.75 Å². The van der Waals surface area contributed by atoms with Gasteiger partial charge in [0, 0.05) is 24.8 Å². The smallest absolute Gasteiger partial charge is 0.124 e. The van der Waals surface area contributed by atoms with E-state index < -0.39 is 0 Å². The molecule has 0 amide bonds. The molecule has 0 aliphatic carbocycles. The molecule has 0 radical (unpaired) electrons. The molecule has 0 unspecified atom stereocenters. The van der Waals surface area contributed by atoms with Crippen LogP contribution in [0.25, 0.3) is 0 Å². The summed E-state index contributed by atoms with van der Waals surface area (Å²) in [5, 5.41) is 0. The molecule has 1 fully saturated rings. The highest BCUT2D eigenvalue weighted by Crippen LogP contribution is 2.34. The van der Waals surface area contributed by atoms with Gasteiger partial charge < -0.3 is 14.4 Å². The van der Waals surface area contributed by atoms with Crippen molar-refractivity contribution in [2.24, 2.45) is 0 Å². The Morgan fingerprint density at radius 1 is 1.21 bits per heavy atom. The lowest BCUT2D eigenvalue weighted by molar-refractivity contribution is 0.122. The summed E-state index contributed by atoms with van der Waals surface area (Å²) in [4.78, 5) is 2.36. The van der Waals surface area contributed by atoms with Gasteiger partial charge in [0.25, 0.3) is 0 Å². The molecule has 0 N–H and O–H groups in total. The van der Waals surface area contributed by atoms with E-state index in [2.05, 4.69) is 36.9 Å². The molecule has 0 bridgehead atoms. The first-order chi connectivity index (χ1) is 9.30. The highest BCUT2D eigenvalue weighted by atomic mass is 16.5. The van der Waals surface area contributed by atoms with Crippen molar-refractivity contribution < 1.29 is 9.47 Å². The SMILES string of the molecule is CCC(CC)c1ccc(N2CCOCC2)cc1OC. The molecule has 1 heterocycles. The third-order valence-corrected chi connectivity index (χ3v) is 4.02. The van der Waals surface area contributed by atoms with Crippen molar-refractivity contribution in [3.05, 3.63) is 23.8 Å². The van der Waals surface area contributed by atoms with Crippen LogP contribution in [0.4, 0.5) is 5.69 Å². The zero-order chi connectivity index (χ0) is 13.7. The number of ether oxygens (including phenoxy) is 2. The van der Waals surface area contributed by atoms with E-state index in [-0.39, 0.29) is 0 Å². The molecule has 0 atom stereocenters. The van der Waals surface area contributed by atoms with Gasteiger partial charge in [-0.1, -0.05) is 19.9 Å². The van der Waals surface area contributed by atoms with Crippen molar-refractivity contribution in [2.75, 3.05) is 38.3 Å². The van der Waals surface area contributed by atoms with Gasteiger partial charge in [-0.25, -0.2) is 0 Å². The Hall–Kier alpha value is -1.22. The molecule has 0 aromatic heterocycles. The average Bonchev–Trinajstić information content (AvgIpc) is 2.49. The molecule has 2 rings (SSSR count). The third-order valence-electron chi connectivity index (χ3n) is 4.02. The van der Waals surface area contributed by atoms with Gasteiger partial charge in [0.05, 0.1) is 20.3 Å². The molecule has 1 saturated heterocycles. The Kier molecular flexibility index (Phi) is 5.08. The van der Waals surface area contributed by atoms with Crippen LogP contribution in [0, 0.1) is 0 Å². The quantitative estimate of drug-likeness (QED) is 0.812. The Labute approximate surface area is 116 Å². The van der Waals surface area contributed by atoms with Crippen LogP contribution < -0.4 is 9.64 Å². The minimum atomic E-state index is 0.591. The summed E-state index contributed by atoms with van der Waals surface area (Å²) in [5.41, 5.74) is 2.58. The van der Waals surface area contributed by atoms with Gasteiger partial charge in [-0.05, 0) is 30.4 Å². The van der Waals surface area contributed by atoms with Crippen LogP contribution in [0.15, 0.2) is 18.2 Å². The average molecular weight is 263 g/mol. The first-order valence-corrected chi connectivity index (χ1v) is 7.30. The van der Waals surface area contributed by atoms with E-state index in [1.165, 1.54) is 11.3 Å². The van der Waals surface area contributed by atoms with E-state index in [0.29, 0.717) is 5.92 Å². The fraction of sp³-hybridized carbons (Fsp3) is 0.625. The Morgan fingerprint density at radius 2 is 1.89 bits per heavy atom. The maximum Gasteiger partial charge on any atom is 0.124 e. The monoisotopic (exact) mass is 263 g/mol. The lowest BCUT2D eigenvalue weighted by Gasteiger charge is -2.29. The number of benzene rings is 1. The van der Waals surface area contributed by atoms with E-state index in [0.717, 1.165) is 44.9 Å². The second-order valence-electron chi connectivity index (χ2n) is 5.04. The molecule has 19 heavy (non-hydrogen) atoms. The van der Waals surface area contributed by atoms with Crippen molar-refractivity contribution in [1.82, 2.24) is 0 Å². The Bertz CT molecular complexity index is 396. The van der Waals surface area contributed by atoms with Gasteiger partial charge in [-0.2, -0.15) is 0 Å². The normalized spacial score (nSPS) is 15.9. The van der Waals surface area contributed by atoms with Gasteiger partial charge in [-0.15, -0.1) is 0 Å². The maximum absolute atomic E-state index is 5.60. The van der Waals surface area contributed by atoms with Crippen molar-refractivity contribution in [3.63, 3.8) is 0 Å². The number of methoxy groups -OCH3 is 1. The van der Waals surface area contributed by atoms with Gasteiger partial charge in [0.15, 0.2) is 0 Å². The predicted molar refractivity (Wildman–Crippen MR) is 79.3 cm³/mol. The van der Waals surface area contributed by atoms with Crippen molar-refractivity contribution >= 4 is 5.69 Å². The molecule has 0 spiro atoms. The summed E-state index contributed by atoms with van der Waals surface area (Å²) < 4.78 is 11.0. The number of hydrogen-bond donors (Lipinski definition) is 0. The summed E-state index contributed by atoms with van der Waals surface area (Å²) in [6, 6.07) is 6.64. The Morgan fingerprint density at radius 3 is 2.47 bits per heavy atom. The van der Waals surface area contributed by atoms with Gasteiger partial charge in [0.1, 0.15) is 5.75 Å². The number of anilines is 1. The molecule has 3 heteroatoms. The minimum Gasteiger partial charge on any atom is -0.496 e. The van der Waals surface area contributed by atoms with Crippen LogP contribution >= 0.6 is 0 Å². The van der Waals surface area contributed by atoms with Crippen LogP contribution in [0.3, 0.4) is 0 Å². The van der Waals surface area contributed by atoms with Crippen LogP contribution in [-0.4, -0.2) is 33.4 Å². The summed E-state index contributed by atoms with van der Waals surface area (Å²) in [6.45, 7) is 8.04. The van der Waals surface area contributed by atoms with Gasteiger partial charge in [0.2, 0.25) is 0 Å². The van der Waals surface area contributed by atoms with E-state index >= 15 is 0 Å². The summed E-state index contributed by atoms with van der Waals surface area (Å²) in [7, 11) is 1.77. The molecule has 1 aromatic carbocycles. The Balaban J connectivity index is 2.24. The zero-order valence-corrected chi connectivity index (χ0v) is 12.3. The second kappa shape index (κ2) is 6.80. The molecule has 0 saturated carbocycles. The first-order valence-electron chi connectivity index (χ1n) is 7.30. The molecule has 1 aliphatic rings. The largest absolute Gasteiger partial charge is 0.496 e. The van der Waals surface area contributed by atoms with E-state index in [1.54, 1.807) is 7.11 Å². The van der Waals surface area contributed by atoms with Crippen molar-refractivity contribution in [1.29, 1.82) is 0 Å². The molecular weight excluding hydrogens is 238 g/mol. The van der Waals surface area contributed by atoms with Crippen LogP contribution in [0.1, 0.15) is 38.2 Å². The van der Waals surface area contributed by atoms with Gasteiger partial charge in [-0.3, -0.25) is 0 Å². The molecule has 3 nitrogen and oxygen atoms in total. The van der Waals surface area contributed by atoms with Crippen LogP contribution in [0.2, 0.25) is 0 Å². The van der Waals surface area contributed by atoms with Crippen molar-refractivity contribution in [2.45, 2.75) is 32.6 Å². The number of morpholine rings is 1. The zero-order valence-electron chi connectivity index (χ0n) is 12.3. The lowest BCUT2D eigenvalue weighted by atomic mass is 9.93. The summed E-state index contributed by atoms with van der Waals surface area (Å²) in [6.07, 6.45) is 2.31. The highest BCUT2D eigenvalue weighted by Gasteiger charge is 2.16. The molecule has 1 aliphatic heterocycles. The summed E-state index contributed by atoms with van der Waals surface area (Å²) >= 11 is 0. The number of hydrogen-bond acceptors (Lipinski definition) is 3. The summed E-state index contributed by atoms with van der Waals surface area (Å²) in [5.74, 6) is 1.62. The van der Waals surface area contributed by atoms with Gasteiger partial charge >= 0.3 is 0 Å². The fourth-order valence-electron chi connectivity index (χ4n) is 2.78. The lowest BCUT2D eigenvalue weighted by Crippen LogP contribution is -2.36. The topological polar surface area (TPSA) is 21.7 Å².